The summed E-state index contributed by atoms with van der Waals surface area (Å²) in [7, 11) is 0. The van der Waals surface area contributed by atoms with Crippen molar-refractivity contribution < 1.29 is 4.79 Å². The molecule has 22 heavy (non-hydrogen) atoms. The standard InChI is InChI=1S/C16H15ClN4O/c17-12-5-3-6-13(11-12)18-16(22)9-4-8-15-20-19-14-7-1-2-10-21(14)15/h1-3,5-7,10-11H,4,8-9H2,(H,18,22). The van der Waals surface area contributed by atoms with Crippen LogP contribution < -0.4 is 5.32 Å². The van der Waals surface area contributed by atoms with Crippen LogP contribution in [0.3, 0.4) is 0 Å². The van der Waals surface area contributed by atoms with E-state index in [9.17, 15) is 4.79 Å². The van der Waals surface area contributed by atoms with Gasteiger partial charge in [-0.1, -0.05) is 23.7 Å². The number of benzene rings is 1. The maximum Gasteiger partial charge on any atom is 0.224 e. The molecule has 6 heteroatoms. The zero-order valence-electron chi connectivity index (χ0n) is 11.9. The lowest BCUT2D eigenvalue weighted by Gasteiger charge is -2.05. The van der Waals surface area contributed by atoms with Gasteiger partial charge in [0.1, 0.15) is 5.82 Å². The van der Waals surface area contributed by atoms with Gasteiger partial charge in [-0.25, -0.2) is 0 Å². The molecule has 112 valence electrons. The fraction of sp³-hybridized carbons (Fsp3) is 0.188. The van der Waals surface area contributed by atoms with E-state index in [-0.39, 0.29) is 5.91 Å². The molecule has 0 spiro atoms. The van der Waals surface area contributed by atoms with Gasteiger partial charge in [0.25, 0.3) is 0 Å². The minimum atomic E-state index is -0.0314. The van der Waals surface area contributed by atoms with Gasteiger partial charge >= 0.3 is 0 Å². The summed E-state index contributed by atoms with van der Waals surface area (Å²) in [6.45, 7) is 0. The van der Waals surface area contributed by atoms with Gasteiger partial charge in [-0.2, -0.15) is 0 Å². The monoisotopic (exact) mass is 314 g/mol. The lowest BCUT2D eigenvalue weighted by atomic mass is 10.2. The highest BCUT2D eigenvalue weighted by atomic mass is 35.5. The van der Waals surface area contributed by atoms with Gasteiger partial charge < -0.3 is 5.32 Å². The molecular weight excluding hydrogens is 300 g/mol. The van der Waals surface area contributed by atoms with Crippen LogP contribution in [0, 0.1) is 0 Å². The Labute approximate surface area is 132 Å². The predicted molar refractivity (Wildman–Crippen MR) is 86.0 cm³/mol. The van der Waals surface area contributed by atoms with Gasteiger partial charge in [0, 0.05) is 29.7 Å². The van der Waals surface area contributed by atoms with Crippen molar-refractivity contribution in [1.29, 1.82) is 0 Å². The Bertz CT molecular complexity index is 799. The normalized spacial score (nSPS) is 10.8. The summed E-state index contributed by atoms with van der Waals surface area (Å²) in [5.41, 5.74) is 1.53. The molecule has 0 fully saturated rings. The topological polar surface area (TPSA) is 59.3 Å². The number of hydrogen-bond acceptors (Lipinski definition) is 3. The van der Waals surface area contributed by atoms with Crippen LogP contribution in [0.1, 0.15) is 18.7 Å². The summed E-state index contributed by atoms with van der Waals surface area (Å²) >= 11 is 5.89. The lowest BCUT2D eigenvalue weighted by Crippen LogP contribution is -2.11. The summed E-state index contributed by atoms with van der Waals surface area (Å²) in [6.07, 6.45) is 3.77. The molecule has 3 rings (SSSR count). The molecule has 0 bridgehead atoms. The van der Waals surface area contributed by atoms with Crippen molar-refractivity contribution in [2.75, 3.05) is 5.32 Å². The number of hydrogen-bond donors (Lipinski definition) is 1. The van der Waals surface area contributed by atoms with E-state index in [1.807, 2.05) is 34.9 Å². The maximum atomic E-state index is 11.9. The number of pyridine rings is 1. The SMILES string of the molecule is O=C(CCCc1nnc2ccccn12)Nc1cccc(Cl)c1. The van der Waals surface area contributed by atoms with Gasteiger partial charge in [-0.3, -0.25) is 9.20 Å². The molecule has 0 aliphatic carbocycles. The van der Waals surface area contributed by atoms with E-state index in [2.05, 4.69) is 15.5 Å². The molecule has 1 N–H and O–H groups in total. The van der Waals surface area contributed by atoms with Gasteiger partial charge in [-0.15, -0.1) is 10.2 Å². The van der Waals surface area contributed by atoms with Crippen molar-refractivity contribution in [2.45, 2.75) is 19.3 Å². The third-order valence-corrected chi connectivity index (χ3v) is 3.53. The second-order valence-corrected chi connectivity index (χ2v) is 5.39. The summed E-state index contributed by atoms with van der Waals surface area (Å²) in [4.78, 5) is 11.9. The Balaban J connectivity index is 1.53. The summed E-state index contributed by atoms with van der Waals surface area (Å²) in [6, 6.07) is 12.9. The van der Waals surface area contributed by atoms with E-state index in [1.165, 1.54) is 0 Å². The molecule has 0 aliphatic rings. The highest BCUT2D eigenvalue weighted by molar-refractivity contribution is 6.30. The van der Waals surface area contributed by atoms with E-state index in [4.69, 9.17) is 11.6 Å². The number of aryl methyl sites for hydroxylation is 1. The average Bonchev–Trinajstić information content (AvgIpc) is 2.91. The van der Waals surface area contributed by atoms with Crippen LogP contribution in [0.5, 0.6) is 0 Å². The highest BCUT2D eigenvalue weighted by Gasteiger charge is 2.07. The van der Waals surface area contributed by atoms with Crippen LogP contribution in [-0.4, -0.2) is 20.5 Å². The van der Waals surface area contributed by atoms with Crippen molar-refractivity contribution >= 4 is 28.8 Å². The third-order valence-electron chi connectivity index (χ3n) is 3.30. The average molecular weight is 315 g/mol. The first kappa shape index (κ1) is 14.5. The zero-order chi connectivity index (χ0) is 15.4. The van der Waals surface area contributed by atoms with Gasteiger partial charge in [0.05, 0.1) is 0 Å². The smallest absolute Gasteiger partial charge is 0.224 e. The molecule has 1 amide bonds. The van der Waals surface area contributed by atoms with E-state index in [1.54, 1.807) is 18.2 Å². The summed E-state index contributed by atoms with van der Waals surface area (Å²) < 4.78 is 1.94. The molecule has 5 nitrogen and oxygen atoms in total. The molecule has 0 unspecified atom stereocenters. The Morgan fingerprint density at radius 2 is 2.09 bits per heavy atom. The number of halogens is 1. The molecule has 3 aromatic rings. The predicted octanol–water partition coefficient (Wildman–Crippen LogP) is 3.34. The van der Waals surface area contributed by atoms with Gasteiger partial charge in [0.2, 0.25) is 5.91 Å². The molecule has 0 radical (unpaired) electrons. The van der Waals surface area contributed by atoms with Crippen LogP contribution in [-0.2, 0) is 11.2 Å². The van der Waals surface area contributed by atoms with Crippen LogP contribution in [0.2, 0.25) is 5.02 Å². The number of fused-ring (bicyclic) bond motifs is 1. The molecule has 2 aromatic heterocycles. The molecule has 0 saturated carbocycles. The quantitative estimate of drug-likeness (QED) is 0.785. The Morgan fingerprint density at radius 1 is 1.18 bits per heavy atom. The minimum Gasteiger partial charge on any atom is -0.326 e. The first-order chi connectivity index (χ1) is 10.7. The third kappa shape index (κ3) is 3.43. The van der Waals surface area contributed by atoms with Crippen molar-refractivity contribution in [3.63, 3.8) is 0 Å². The molecule has 2 heterocycles. The van der Waals surface area contributed by atoms with E-state index >= 15 is 0 Å². The Kier molecular flexibility index (Phi) is 4.34. The van der Waals surface area contributed by atoms with Crippen molar-refractivity contribution in [3.8, 4) is 0 Å². The Morgan fingerprint density at radius 3 is 2.95 bits per heavy atom. The molecule has 0 atom stereocenters. The second-order valence-electron chi connectivity index (χ2n) is 4.96. The zero-order valence-corrected chi connectivity index (χ0v) is 12.6. The first-order valence-electron chi connectivity index (χ1n) is 7.06. The number of carbonyl (C=O) groups is 1. The van der Waals surface area contributed by atoms with Crippen molar-refractivity contribution in [3.05, 3.63) is 59.5 Å². The number of nitrogens with one attached hydrogen (secondary N) is 1. The molecule has 0 aliphatic heterocycles. The largest absolute Gasteiger partial charge is 0.326 e. The number of anilines is 1. The number of aromatic nitrogens is 3. The minimum absolute atomic E-state index is 0.0314. The van der Waals surface area contributed by atoms with E-state index in [0.29, 0.717) is 30.0 Å². The highest BCUT2D eigenvalue weighted by Crippen LogP contribution is 2.15. The Hall–Kier alpha value is -2.40. The number of carbonyl (C=O) groups excluding carboxylic acids is 1. The van der Waals surface area contributed by atoms with Crippen molar-refractivity contribution in [1.82, 2.24) is 14.6 Å². The maximum absolute atomic E-state index is 11.9. The molecule has 1 aromatic carbocycles. The number of rotatable bonds is 5. The number of amides is 1. The van der Waals surface area contributed by atoms with Crippen LogP contribution in [0.25, 0.3) is 5.65 Å². The molecular formula is C16H15ClN4O. The van der Waals surface area contributed by atoms with Crippen LogP contribution >= 0.6 is 11.6 Å². The first-order valence-corrected chi connectivity index (χ1v) is 7.44. The molecule has 0 saturated heterocycles. The van der Waals surface area contributed by atoms with Gasteiger partial charge in [0.15, 0.2) is 5.65 Å². The fourth-order valence-corrected chi connectivity index (χ4v) is 2.45. The van der Waals surface area contributed by atoms with Crippen LogP contribution in [0.4, 0.5) is 5.69 Å². The van der Waals surface area contributed by atoms with E-state index < -0.39 is 0 Å². The van der Waals surface area contributed by atoms with E-state index in [0.717, 1.165) is 11.5 Å². The van der Waals surface area contributed by atoms with Gasteiger partial charge in [-0.05, 0) is 36.8 Å². The second kappa shape index (κ2) is 6.58. The lowest BCUT2D eigenvalue weighted by molar-refractivity contribution is -0.116. The number of nitrogens with zero attached hydrogens (tertiary/aromatic N) is 3. The fourth-order valence-electron chi connectivity index (χ4n) is 2.26. The summed E-state index contributed by atoms with van der Waals surface area (Å²) in [5, 5.41) is 11.7. The summed E-state index contributed by atoms with van der Waals surface area (Å²) in [5.74, 6) is 0.835. The van der Waals surface area contributed by atoms with Crippen molar-refractivity contribution in [2.24, 2.45) is 0 Å². The van der Waals surface area contributed by atoms with Crippen LogP contribution in [0.15, 0.2) is 48.7 Å².